The number of fused-ring (bicyclic) bond motifs is 1. The molecule has 1 aliphatic heterocycles. The van der Waals surface area contributed by atoms with Crippen molar-refractivity contribution in [1.82, 2.24) is 24.6 Å². The van der Waals surface area contributed by atoms with Crippen LogP contribution < -0.4 is 0 Å². The Balaban J connectivity index is 1.57. The Bertz CT molecular complexity index is 875. The van der Waals surface area contributed by atoms with Gasteiger partial charge in [-0.05, 0) is 31.0 Å². The number of hydrogen-bond acceptors (Lipinski definition) is 4. The third-order valence-electron chi connectivity index (χ3n) is 4.59. The second-order valence-corrected chi connectivity index (χ2v) is 6.22. The van der Waals surface area contributed by atoms with Crippen LogP contribution >= 0.6 is 0 Å². The third kappa shape index (κ3) is 2.91. The van der Waals surface area contributed by atoms with E-state index in [1.165, 1.54) is 5.56 Å². The van der Waals surface area contributed by atoms with Gasteiger partial charge in [-0.15, -0.1) is 10.2 Å². The summed E-state index contributed by atoms with van der Waals surface area (Å²) in [6.45, 7) is 3.08. The van der Waals surface area contributed by atoms with Gasteiger partial charge in [0.25, 0.3) is 0 Å². The lowest BCUT2D eigenvalue weighted by Gasteiger charge is -2.32. The molecule has 2 aromatic heterocycles. The van der Waals surface area contributed by atoms with Gasteiger partial charge in [-0.3, -0.25) is 14.3 Å². The number of benzene rings is 1. The second-order valence-electron chi connectivity index (χ2n) is 6.22. The van der Waals surface area contributed by atoms with Crippen LogP contribution in [0.5, 0.6) is 0 Å². The lowest BCUT2D eigenvalue weighted by molar-refractivity contribution is -0.136. The molecule has 4 rings (SSSR count). The van der Waals surface area contributed by atoms with Crippen molar-refractivity contribution in [2.45, 2.75) is 25.9 Å². The molecule has 6 heteroatoms. The fraction of sp³-hybridized carbons (Fsp3) is 0.263. The number of amides is 1. The van der Waals surface area contributed by atoms with Crippen LogP contribution in [0.2, 0.25) is 0 Å². The van der Waals surface area contributed by atoms with E-state index < -0.39 is 0 Å². The molecule has 0 unspecified atom stereocenters. The van der Waals surface area contributed by atoms with Crippen LogP contribution in [0.25, 0.3) is 11.4 Å². The van der Waals surface area contributed by atoms with E-state index in [0.717, 1.165) is 17.8 Å². The molecular formula is C19H19N5O. The summed E-state index contributed by atoms with van der Waals surface area (Å²) in [5.74, 6) is 1.62. The maximum Gasteiger partial charge on any atom is 0.245 e. The SMILES string of the molecule is C[C@@H]1C(=O)N(CCc2ccccc2)Cc2nnc(-c3cccnc3)n21. The number of carbonyl (C=O) groups is 1. The van der Waals surface area contributed by atoms with E-state index in [-0.39, 0.29) is 11.9 Å². The first-order chi connectivity index (χ1) is 12.2. The van der Waals surface area contributed by atoms with Crippen LogP contribution in [0.3, 0.4) is 0 Å². The minimum Gasteiger partial charge on any atom is -0.333 e. The zero-order valence-corrected chi connectivity index (χ0v) is 14.0. The summed E-state index contributed by atoms with van der Waals surface area (Å²) in [6.07, 6.45) is 4.30. The molecule has 0 spiro atoms. The van der Waals surface area contributed by atoms with Crippen LogP contribution in [0.4, 0.5) is 0 Å². The Hall–Kier alpha value is -3.02. The minimum atomic E-state index is -0.315. The first-order valence-corrected chi connectivity index (χ1v) is 8.41. The molecule has 126 valence electrons. The summed E-state index contributed by atoms with van der Waals surface area (Å²) in [5.41, 5.74) is 2.10. The number of nitrogens with zero attached hydrogens (tertiary/aromatic N) is 5. The van der Waals surface area contributed by atoms with Crippen molar-refractivity contribution in [1.29, 1.82) is 0 Å². The summed E-state index contributed by atoms with van der Waals surface area (Å²) in [6, 6.07) is 13.7. The Kier molecular flexibility index (Phi) is 4.01. The Morgan fingerprint density at radius 1 is 1.12 bits per heavy atom. The van der Waals surface area contributed by atoms with Gasteiger partial charge in [-0.25, -0.2) is 0 Å². The third-order valence-corrected chi connectivity index (χ3v) is 4.59. The zero-order chi connectivity index (χ0) is 17.2. The average Bonchev–Trinajstić information content (AvgIpc) is 3.09. The molecule has 0 fully saturated rings. The molecule has 0 radical (unpaired) electrons. The highest BCUT2D eigenvalue weighted by Crippen LogP contribution is 2.27. The van der Waals surface area contributed by atoms with Gasteiger partial charge in [0.05, 0.1) is 6.54 Å². The van der Waals surface area contributed by atoms with E-state index in [1.54, 1.807) is 12.4 Å². The number of carbonyl (C=O) groups excluding carboxylic acids is 1. The number of rotatable bonds is 4. The van der Waals surface area contributed by atoms with Gasteiger partial charge in [0.1, 0.15) is 6.04 Å². The van der Waals surface area contributed by atoms with E-state index in [9.17, 15) is 4.79 Å². The maximum atomic E-state index is 12.8. The number of aromatic nitrogens is 4. The lowest BCUT2D eigenvalue weighted by atomic mass is 10.1. The molecule has 3 heterocycles. The van der Waals surface area contributed by atoms with Crippen LogP contribution in [-0.2, 0) is 17.8 Å². The van der Waals surface area contributed by atoms with Gasteiger partial charge >= 0.3 is 0 Å². The van der Waals surface area contributed by atoms with Crippen LogP contribution in [0, 0.1) is 0 Å². The molecule has 6 nitrogen and oxygen atoms in total. The van der Waals surface area contributed by atoms with Crippen molar-refractivity contribution >= 4 is 5.91 Å². The largest absolute Gasteiger partial charge is 0.333 e. The van der Waals surface area contributed by atoms with Crippen molar-refractivity contribution in [2.75, 3.05) is 6.54 Å². The van der Waals surface area contributed by atoms with E-state index in [1.807, 2.05) is 46.7 Å². The van der Waals surface area contributed by atoms with Crippen molar-refractivity contribution in [3.63, 3.8) is 0 Å². The topological polar surface area (TPSA) is 63.9 Å². The second kappa shape index (κ2) is 6.47. The molecule has 1 atom stereocenters. The fourth-order valence-corrected chi connectivity index (χ4v) is 3.25. The van der Waals surface area contributed by atoms with E-state index in [0.29, 0.717) is 18.9 Å². The maximum absolute atomic E-state index is 12.8. The minimum absolute atomic E-state index is 0.105. The highest BCUT2D eigenvalue weighted by atomic mass is 16.2. The Labute approximate surface area is 146 Å². The van der Waals surface area contributed by atoms with Gasteiger partial charge in [-0.2, -0.15) is 0 Å². The molecule has 25 heavy (non-hydrogen) atoms. The van der Waals surface area contributed by atoms with Crippen LogP contribution in [0.1, 0.15) is 24.4 Å². The van der Waals surface area contributed by atoms with E-state index >= 15 is 0 Å². The first kappa shape index (κ1) is 15.5. The number of hydrogen-bond donors (Lipinski definition) is 0. The van der Waals surface area contributed by atoms with Crippen molar-refractivity contribution in [3.05, 3.63) is 66.2 Å². The molecule has 3 aromatic rings. The van der Waals surface area contributed by atoms with Crippen molar-refractivity contribution in [2.24, 2.45) is 0 Å². The zero-order valence-electron chi connectivity index (χ0n) is 14.0. The van der Waals surface area contributed by atoms with Crippen LogP contribution in [0.15, 0.2) is 54.9 Å². The van der Waals surface area contributed by atoms with Gasteiger partial charge < -0.3 is 4.90 Å². The van der Waals surface area contributed by atoms with Gasteiger partial charge in [-0.1, -0.05) is 30.3 Å². The fourth-order valence-electron chi connectivity index (χ4n) is 3.25. The molecule has 1 amide bonds. The predicted molar refractivity (Wildman–Crippen MR) is 93.5 cm³/mol. The molecule has 1 aliphatic rings. The van der Waals surface area contributed by atoms with Gasteiger partial charge in [0.15, 0.2) is 11.6 Å². The molecule has 0 N–H and O–H groups in total. The summed E-state index contributed by atoms with van der Waals surface area (Å²) >= 11 is 0. The summed E-state index contributed by atoms with van der Waals surface area (Å²) in [4.78, 5) is 18.8. The molecule has 1 aromatic carbocycles. The van der Waals surface area contributed by atoms with E-state index in [2.05, 4.69) is 27.3 Å². The molecule has 0 saturated carbocycles. The highest BCUT2D eigenvalue weighted by molar-refractivity contribution is 5.82. The first-order valence-electron chi connectivity index (χ1n) is 8.41. The van der Waals surface area contributed by atoms with Crippen molar-refractivity contribution in [3.8, 4) is 11.4 Å². The summed E-state index contributed by atoms with van der Waals surface area (Å²) in [5, 5.41) is 8.61. The van der Waals surface area contributed by atoms with Gasteiger partial charge in [0.2, 0.25) is 5.91 Å². The van der Waals surface area contributed by atoms with E-state index in [4.69, 9.17) is 0 Å². The monoisotopic (exact) mass is 333 g/mol. The average molecular weight is 333 g/mol. The van der Waals surface area contributed by atoms with Gasteiger partial charge in [0, 0.05) is 24.5 Å². The molecular weight excluding hydrogens is 314 g/mol. The summed E-state index contributed by atoms with van der Waals surface area (Å²) in [7, 11) is 0. The van der Waals surface area contributed by atoms with Crippen LogP contribution in [-0.4, -0.2) is 37.1 Å². The molecule has 0 saturated heterocycles. The smallest absolute Gasteiger partial charge is 0.245 e. The molecule has 0 bridgehead atoms. The summed E-state index contributed by atoms with van der Waals surface area (Å²) < 4.78 is 1.93. The number of pyridine rings is 1. The predicted octanol–water partition coefficient (Wildman–Crippen LogP) is 2.49. The lowest BCUT2D eigenvalue weighted by Crippen LogP contribution is -2.42. The molecule has 0 aliphatic carbocycles. The quantitative estimate of drug-likeness (QED) is 0.736. The Morgan fingerprint density at radius 2 is 1.96 bits per heavy atom. The van der Waals surface area contributed by atoms with Crippen molar-refractivity contribution < 1.29 is 4.79 Å². The normalized spacial score (nSPS) is 16.8. The Morgan fingerprint density at radius 3 is 2.72 bits per heavy atom. The highest BCUT2D eigenvalue weighted by Gasteiger charge is 2.33. The standard InChI is InChI=1S/C19H19N5O/c1-14-19(25)23(11-9-15-6-3-2-4-7-15)13-17-21-22-18(24(14)17)16-8-5-10-20-12-16/h2-8,10,12,14H,9,11,13H2,1H3/t14-/m1/s1.